The number of anilines is 3. The fourth-order valence-corrected chi connectivity index (χ4v) is 3.67. The van der Waals surface area contributed by atoms with Crippen molar-refractivity contribution in [2.24, 2.45) is 0 Å². The van der Waals surface area contributed by atoms with Crippen LogP contribution in [0.3, 0.4) is 0 Å². The Bertz CT molecular complexity index is 1060. The van der Waals surface area contributed by atoms with Crippen LogP contribution in [0.25, 0.3) is 0 Å². The molecule has 3 N–H and O–H groups in total. The van der Waals surface area contributed by atoms with Gasteiger partial charge in [-0.25, -0.2) is 0 Å². The molecule has 1 saturated heterocycles. The van der Waals surface area contributed by atoms with Crippen molar-refractivity contribution in [3.8, 4) is 0 Å². The maximum atomic E-state index is 13.0. The van der Waals surface area contributed by atoms with Gasteiger partial charge in [0.25, 0.3) is 11.5 Å². The SMILES string of the molecule is O=C(Nc1cccc(N2CCCCC2)c1)c1c(NCc2ccccn2)cc[nH]c1=O. The molecule has 0 aliphatic carbocycles. The van der Waals surface area contributed by atoms with Crippen LogP contribution in [0, 0.1) is 0 Å². The summed E-state index contributed by atoms with van der Waals surface area (Å²) in [4.78, 5) is 34.5. The van der Waals surface area contributed by atoms with Gasteiger partial charge in [-0.2, -0.15) is 0 Å². The van der Waals surface area contributed by atoms with Crippen molar-refractivity contribution in [2.45, 2.75) is 25.8 Å². The molecule has 1 fully saturated rings. The second-order valence-electron chi connectivity index (χ2n) is 7.32. The predicted molar refractivity (Wildman–Crippen MR) is 119 cm³/mol. The number of H-pyrrole nitrogens is 1. The van der Waals surface area contributed by atoms with Gasteiger partial charge in [-0.3, -0.25) is 14.6 Å². The summed E-state index contributed by atoms with van der Waals surface area (Å²) in [6.45, 7) is 2.46. The molecule has 0 unspecified atom stereocenters. The molecule has 0 radical (unpaired) electrons. The molecular formula is C23H25N5O2. The van der Waals surface area contributed by atoms with Crippen LogP contribution in [0.15, 0.2) is 65.7 Å². The Labute approximate surface area is 175 Å². The summed E-state index contributed by atoms with van der Waals surface area (Å²) in [5.41, 5.74) is 2.65. The van der Waals surface area contributed by atoms with Gasteiger partial charge in [0, 0.05) is 36.9 Å². The number of aromatic nitrogens is 2. The van der Waals surface area contributed by atoms with Crippen LogP contribution in [0.5, 0.6) is 0 Å². The van der Waals surface area contributed by atoms with Crippen molar-refractivity contribution in [1.82, 2.24) is 9.97 Å². The van der Waals surface area contributed by atoms with E-state index in [9.17, 15) is 9.59 Å². The molecule has 3 heterocycles. The Kier molecular flexibility index (Phi) is 6.08. The normalized spacial score (nSPS) is 13.7. The Morgan fingerprint density at radius 3 is 2.73 bits per heavy atom. The van der Waals surface area contributed by atoms with E-state index in [1.165, 1.54) is 25.5 Å². The summed E-state index contributed by atoms with van der Waals surface area (Å²) in [5, 5.41) is 6.02. The Balaban J connectivity index is 1.51. The molecule has 0 spiro atoms. The summed E-state index contributed by atoms with van der Waals surface area (Å²) >= 11 is 0. The standard InChI is InChI=1S/C23H25N5O2/c29-22-21(20(10-12-25-22)26-16-18-7-2-3-11-24-18)23(30)27-17-8-6-9-19(15-17)28-13-4-1-5-14-28/h2-3,6-12,15H,1,4-5,13-14,16H2,(H,27,30)(H2,25,26,29). The zero-order valence-corrected chi connectivity index (χ0v) is 16.7. The van der Waals surface area contributed by atoms with Gasteiger partial charge in [0.15, 0.2) is 0 Å². The first-order chi connectivity index (χ1) is 14.7. The number of hydrogen-bond acceptors (Lipinski definition) is 5. The van der Waals surface area contributed by atoms with Crippen LogP contribution in [-0.2, 0) is 6.54 Å². The predicted octanol–water partition coefficient (Wildman–Crippen LogP) is 3.62. The number of hydrogen-bond donors (Lipinski definition) is 3. The highest BCUT2D eigenvalue weighted by atomic mass is 16.2. The summed E-state index contributed by atoms with van der Waals surface area (Å²) in [6.07, 6.45) is 6.86. The van der Waals surface area contributed by atoms with E-state index in [4.69, 9.17) is 0 Å². The molecule has 0 atom stereocenters. The van der Waals surface area contributed by atoms with Crippen LogP contribution >= 0.6 is 0 Å². The Morgan fingerprint density at radius 1 is 1.07 bits per heavy atom. The molecule has 1 aliphatic rings. The van der Waals surface area contributed by atoms with Gasteiger partial charge in [-0.1, -0.05) is 12.1 Å². The molecule has 7 heteroatoms. The van der Waals surface area contributed by atoms with E-state index < -0.39 is 11.5 Å². The highest BCUT2D eigenvalue weighted by molar-refractivity contribution is 6.07. The summed E-state index contributed by atoms with van der Waals surface area (Å²) in [5.74, 6) is -0.448. The number of aromatic amines is 1. The van der Waals surface area contributed by atoms with Crippen LogP contribution < -0.4 is 21.1 Å². The quantitative estimate of drug-likeness (QED) is 0.585. The first-order valence-corrected chi connectivity index (χ1v) is 10.2. The lowest BCUT2D eigenvalue weighted by Gasteiger charge is -2.29. The molecule has 1 amide bonds. The molecule has 0 bridgehead atoms. The second kappa shape index (κ2) is 9.26. The molecule has 3 aromatic rings. The molecule has 154 valence electrons. The number of nitrogens with one attached hydrogen (secondary N) is 3. The molecule has 2 aromatic heterocycles. The maximum Gasteiger partial charge on any atom is 0.263 e. The monoisotopic (exact) mass is 403 g/mol. The first kappa shape index (κ1) is 19.7. The van der Waals surface area contributed by atoms with Crippen LogP contribution in [0.2, 0.25) is 0 Å². The van der Waals surface area contributed by atoms with E-state index in [1.807, 2.05) is 36.4 Å². The summed E-state index contributed by atoms with van der Waals surface area (Å²) in [7, 11) is 0. The Hall–Kier alpha value is -3.61. The fourth-order valence-electron chi connectivity index (χ4n) is 3.67. The second-order valence-corrected chi connectivity index (χ2v) is 7.32. The average molecular weight is 403 g/mol. The van der Waals surface area contributed by atoms with Crippen molar-refractivity contribution in [3.05, 3.63) is 82.5 Å². The third-order valence-electron chi connectivity index (χ3n) is 5.20. The number of carbonyl (C=O) groups excluding carboxylic acids is 1. The third kappa shape index (κ3) is 4.68. The number of rotatable bonds is 6. The largest absolute Gasteiger partial charge is 0.379 e. The minimum absolute atomic E-state index is 0.0526. The van der Waals surface area contributed by atoms with Gasteiger partial charge in [0.1, 0.15) is 5.56 Å². The topological polar surface area (TPSA) is 90.1 Å². The maximum absolute atomic E-state index is 13.0. The fraction of sp³-hybridized carbons (Fsp3) is 0.261. The van der Waals surface area contributed by atoms with Gasteiger partial charge in [-0.05, 0) is 55.7 Å². The van der Waals surface area contributed by atoms with Crippen LogP contribution in [0.1, 0.15) is 35.3 Å². The molecule has 7 nitrogen and oxygen atoms in total. The zero-order valence-electron chi connectivity index (χ0n) is 16.7. The van der Waals surface area contributed by atoms with Crippen LogP contribution in [0.4, 0.5) is 17.1 Å². The van der Waals surface area contributed by atoms with E-state index in [0.29, 0.717) is 17.9 Å². The van der Waals surface area contributed by atoms with Crippen molar-refractivity contribution in [2.75, 3.05) is 28.6 Å². The zero-order chi connectivity index (χ0) is 20.8. The summed E-state index contributed by atoms with van der Waals surface area (Å²) in [6, 6.07) is 15.1. The molecule has 1 aromatic carbocycles. The Morgan fingerprint density at radius 2 is 1.93 bits per heavy atom. The van der Waals surface area contributed by atoms with Gasteiger partial charge in [-0.15, -0.1) is 0 Å². The van der Waals surface area contributed by atoms with E-state index in [1.54, 1.807) is 12.3 Å². The van der Waals surface area contributed by atoms with Gasteiger partial charge in [0.05, 0.1) is 17.9 Å². The summed E-state index contributed by atoms with van der Waals surface area (Å²) < 4.78 is 0. The lowest BCUT2D eigenvalue weighted by molar-refractivity contribution is 0.102. The number of benzene rings is 1. The van der Waals surface area contributed by atoms with Gasteiger partial charge >= 0.3 is 0 Å². The molecule has 30 heavy (non-hydrogen) atoms. The van der Waals surface area contributed by atoms with Crippen molar-refractivity contribution < 1.29 is 4.79 Å². The minimum atomic E-state index is -0.448. The highest BCUT2D eigenvalue weighted by Crippen LogP contribution is 2.23. The van der Waals surface area contributed by atoms with E-state index in [0.717, 1.165) is 24.5 Å². The first-order valence-electron chi connectivity index (χ1n) is 10.2. The van der Waals surface area contributed by atoms with Crippen molar-refractivity contribution in [1.29, 1.82) is 0 Å². The third-order valence-corrected chi connectivity index (χ3v) is 5.20. The number of carbonyl (C=O) groups is 1. The number of amides is 1. The van der Waals surface area contributed by atoms with Gasteiger partial charge < -0.3 is 20.5 Å². The number of pyridine rings is 2. The molecular weight excluding hydrogens is 378 g/mol. The van der Waals surface area contributed by atoms with E-state index in [-0.39, 0.29) is 5.56 Å². The number of nitrogens with zero attached hydrogens (tertiary/aromatic N) is 2. The average Bonchev–Trinajstić information content (AvgIpc) is 2.79. The minimum Gasteiger partial charge on any atom is -0.379 e. The smallest absolute Gasteiger partial charge is 0.263 e. The van der Waals surface area contributed by atoms with E-state index >= 15 is 0 Å². The highest BCUT2D eigenvalue weighted by Gasteiger charge is 2.17. The lowest BCUT2D eigenvalue weighted by Crippen LogP contribution is -2.29. The number of piperidine rings is 1. The van der Waals surface area contributed by atoms with Crippen molar-refractivity contribution in [3.63, 3.8) is 0 Å². The molecule has 1 aliphatic heterocycles. The molecule has 4 rings (SSSR count). The van der Waals surface area contributed by atoms with Crippen molar-refractivity contribution >= 4 is 23.0 Å². The lowest BCUT2D eigenvalue weighted by atomic mass is 10.1. The van der Waals surface area contributed by atoms with Gasteiger partial charge in [0.2, 0.25) is 0 Å². The van der Waals surface area contributed by atoms with Crippen LogP contribution in [-0.4, -0.2) is 29.0 Å². The molecule has 0 saturated carbocycles. The van der Waals surface area contributed by atoms with E-state index in [2.05, 4.69) is 31.6 Å².